The smallest absolute Gasteiger partial charge is 0.251 e. The number of carbonyl (C=O) groups excluding carboxylic acids is 2. The van der Waals surface area contributed by atoms with Crippen LogP contribution in [0.1, 0.15) is 29.9 Å². The Morgan fingerprint density at radius 3 is 2.34 bits per heavy atom. The van der Waals surface area contributed by atoms with Crippen molar-refractivity contribution >= 4 is 23.2 Å². The number of carbonyl (C=O) groups is 2. The summed E-state index contributed by atoms with van der Waals surface area (Å²) in [6.07, 6.45) is 0. The van der Waals surface area contributed by atoms with E-state index in [0.29, 0.717) is 24.4 Å². The summed E-state index contributed by atoms with van der Waals surface area (Å²) in [5.41, 5.74) is 2.70. The number of nitrogens with zero attached hydrogens (tertiary/aromatic N) is 3. The maximum absolute atomic E-state index is 13.3. The van der Waals surface area contributed by atoms with E-state index in [2.05, 4.69) is 27.7 Å². The molecule has 1 aliphatic heterocycles. The first-order valence-corrected chi connectivity index (χ1v) is 12.8. The zero-order valence-electron chi connectivity index (χ0n) is 20.4. The van der Waals surface area contributed by atoms with Crippen molar-refractivity contribution in [2.45, 2.75) is 26.4 Å². The Morgan fingerprint density at radius 2 is 1.71 bits per heavy atom. The predicted molar refractivity (Wildman–Crippen MR) is 138 cm³/mol. The van der Waals surface area contributed by atoms with Crippen LogP contribution < -0.4 is 10.1 Å². The zero-order valence-corrected chi connectivity index (χ0v) is 21.3. The number of nitrogens with one attached hydrogen (secondary N) is 1. The van der Waals surface area contributed by atoms with Gasteiger partial charge >= 0.3 is 0 Å². The van der Waals surface area contributed by atoms with Crippen molar-refractivity contribution in [3.05, 3.63) is 71.2 Å². The van der Waals surface area contributed by atoms with Gasteiger partial charge in [-0.3, -0.25) is 14.5 Å². The molecule has 0 aliphatic carbocycles. The highest BCUT2D eigenvalue weighted by Gasteiger charge is 2.31. The number of rotatable bonds is 8. The maximum Gasteiger partial charge on any atom is 0.251 e. The monoisotopic (exact) mass is 492 g/mol. The largest absolute Gasteiger partial charge is 0.497 e. The molecule has 2 heterocycles. The first-order chi connectivity index (χ1) is 16.9. The molecule has 35 heavy (non-hydrogen) atoms. The lowest BCUT2D eigenvalue weighted by molar-refractivity contribution is -0.136. The molecule has 1 atom stereocenters. The molecule has 7 nitrogen and oxygen atoms in total. The third-order valence-electron chi connectivity index (χ3n) is 6.21. The summed E-state index contributed by atoms with van der Waals surface area (Å²) in [7, 11) is 1.58. The molecule has 2 amide bonds. The number of aromatic nitrogens is 1. The molecule has 2 aromatic carbocycles. The number of benzene rings is 2. The average molecular weight is 493 g/mol. The SMILES string of the molecule is COc1ccc(C(=O)NC(C(=O)N2CCN(Cc3csc(-c4ccccc4)n3)CC2)C(C)C)cc1. The van der Waals surface area contributed by atoms with E-state index in [-0.39, 0.29) is 17.7 Å². The second kappa shape index (κ2) is 11.5. The second-order valence-corrected chi connectivity index (χ2v) is 9.89. The number of piperazine rings is 1. The third kappa shape index (κ3) is 6.26. The quantitative estimate of drug-likeness (QED) is 0.516. The van der Waals surface area contributed by atoms with Crippen LogP contribution in [0.4, 0.5) is 0 Å². The molecular formula is C27H32N4O3S. The van der Waals surface area contributed by atoms with Gasteiger partial charge in [0.2, 0.25) is 5.91 Å². The van der Waals surface area contributed by atoms with E-state index in [1.807, 2.05) is 36.9 Å². The highest BCUT2D eigenvalue weighted by molar-refractivity contribution is 7.13. The average Bonchev–Trinajstić information content (AvgIpc) is 3.36. The Balaban J connectivity index is 1.31. The Bertz CT molecular complexity index is 1120. The lowest BCUT2D eigenvalue weighted by atomic mass is 10.0. The molecule has 1 unspecified atom stereocenters. The number of hydrogen-bond acceptors (Lipinski definition) is 6. The van der Waals surface area contributed by atoms with Gasteiger partial charge in [-0.2, -0.15) is 0 Å². The highest BCUT2D eigenvalue weighted by Crippen LogP contribution is 2.24. The van der Waals surface area contributed by atoms with Crippen molar-refractivity contribution in [1.29, 1.82) is 0 Å². The van der Waals surface area contributed by atoms with Crippen LogP contribution in [0, 0.1) is 5.92 Å². The predicted octanol–water partition coefficient (Wildman–Crippen LogP) is 3.92. The van der Waals surface area contributed by atoms with Crippen LogP contribution in [0.5, 0.6) is 5.75 Å². The highest BCUT2D eigenvalue weighted by atomic mass is 32.1. The van der Waals surface area contributed by atoms with Gasteiger partial charge in [0.1, 0.15) is 16.8 Å². The van der Waals surface area contributed by atoms with Crippen molar-refractivity contribution in [2.24, 2.45) is 5.92 Å². The lowest BCUT2D eigenvalue weighted by Gasteiger charge is -2.37. The maximum atomic E-state index is 13.3. The fraction of sp³-hybridized carbons (Fsp3) is 0.370. The fourth-order valence-electron chi connectivity index (χ4n) is 4.13. The molecule has 4 rings (SSSR count). The fourth-order valence-corrected chi connectivity index (χ4v) is 4.94. The van der Waals surface area contributed by atoms with Gasteiger partial charge in [-0.05, 0) is 30.2 Å². The standard InChI is InChI=1S/C27H32N4O3S/c1-19(2)24(29-25(32)20-9-11-23(34-3)12-10-20)27(33)31-15-13-30(14-16-31)17-22-18-35-26(28-22)21-7-5-4-6-8-21/h4-12,18-19,24H,13-17H2,1-3H3,(H,29,32). The van der Waals surface area contributed by atoms with Crippen molar-refractivity contribution in [2.75, 3.05) is 33.3 Å². The van der Waals surface area contributed by atoms with E-state index in [1.165, 1.54) is 0 Å². The summed E-state index contributed by atoms with van der Waals surface area (Å²) < 4.78 is 5.15. The Hall–Kier alpha value is -3.23. The first-order valence-electron chi connectivity index (χ1n) is 11.9. The van der Waals surface area contributed by atoms with Crippen LogP contribution in [0.2, 0.25) is 0 Å². The Labute approximate surface area is 210 Å². The van der Waals surface area contributed by atoms with Crippen LogP contribution in [0.3, 0.4) is 0 Å². The summed E-state index contributed by atoms with van der Waals surface area (Å²) in [6, 6.07) is 16.5. The normalized spacial score (nSPS) is 15.1. The van der Waals surface area contributed by atoms with E-state index >= 15 is 0 Å². The number of thiazole rings is 1. The second-order valence-electron chi connectivity index (χ2n) is 9.04. The number of amides is 2. The minimum absolute atomic E-state index is 0.0193. The minimum atomic E-state index is -0.567. The first kappa shape index (κ1) is 24.9. The molecule has 1 N–H and O–H groups in total. The van der Waals surface area contributed by atoms with E-state index < -0.39 is 6.04 Å². The molecule has 1 aromatic heterocycles. The van der Waals surface area contributed by atoms with Crippen LogP contribution in [-0.4, -0.2) is 65.9 Å². The minimum Gasteiger partial charge on any atom is -0.497 e. The Kier molecular flexibility index (Phi) is 8.15. The van der Waals surface area contributed by atoms with Crippen molar-refractivity contribution in [3.63, 3.8) is 0 Å². The number of ether oxygens (including phenoxy) is 1. The van der Waals surface area contributed by atoms with Gasteiger partial charge in [0.15, 0.2) is 0 Å². The molecule has 0 bridgehead atoms. The van der Waals surface area contributed by atoms with Gasteiger partial charge in [-0.1, -0.05) is 44.2 Å². The molecule has 8 heteroatoms. The molecule has 184 valence electrons. The van der Waals surface area contributed by atoms with Crippen LogP contribution in [0.25, 0.3) is 10.6 Å². The molecule has 1 fully saturated rings. The molecule has 1 saturated heterocycles. The third-order valence-corrected chi connectivity index (χ3v) is 7.15. The topological polar surface area (TPSA) is 74.8 Å². The van der Waals surface area contributed by atoms with Gasteiger partial charge in [0.25, 0.3) is 5.91 Å². The molecular weight excluding hydrogens is 460 g/mol. The van der Waals surface area contributed by atoms with Crippen molar-refractivity contribution in [3.8, 4) is 16.3 Å². The summed E-state index contributed by atoms with van der Waals surface area (Å²) >= 11 is 1.66. The van der Waals surface area contributed by atoms with Crippen LogP contribution in [0.15, 0.2) is 60.0 Å². The number of methoxy groups -OCH3 is 1. The van der Waals surface area contributed by atoms with E-state index in [1.54, 1.807) is 42.7 Å². The summed E-state index contributed by atoms with van der Waals surface area (Å²) in [6.45, 7) is 7.52. The summed E-state index contributed by atoms with van der Waals surface area (Å²) in [4.78, 5) is 35.1. The van der Waals surface area contributed by atoms with Gasteiger partial charge < -0.3 is 15.0 Å². The molecule has 0 radical (unpaired) electrons. The van der Waals surface area contributed by atoms with Crippen LogP contribution in [-0.2, 0) is 11.3 Å². The summed E-state index contributed by atoms with van der Waals surface area (Å²) in [5, 5.41) is 6.09. The van der Waals surface area contributed by atoms with Crippen molar-refractivity contribution in [1.82, 2.24) is 20.1 Å². The molecule has 1 aliphatic rings. The van der Waals surface area contributed by atoms with Crippen molar-refractivity contribution < 1.29 is 14.3 Å². The summed E-state index contributed by atoms with van der Waals surface area (Å²) in [5.74, 6) is 0.386. The van der Waals surface area contributed by atoms with Gasteiger partial charge in [-0.15, -0.1) is 11.3 Å². The zero-order chi connectivity index (χ0) is 24.8. The number of hydrogen-bond donors (Lipinski definition) is 1. The van der Waals surface area contributed by atoms with E-state index in [9.17, 15) is 9.59 Å². The molecule has 0 spiro atoms. The van der Waals surface area contributed by atoms with Gasteiger partial charge in [0, 0.05) is 49.2 Å². The van der Waals surface area contributed by atoms with E-state index in [4.69, 9.17) is 9.72 Å². The Morgan fingerprint density at radius 1 is 1.03 bits per heavy atom. The lowest BCUT2D eigenvalue weighted by Crippen LogP contribution is -2.56. The van der Waals surface area contributed by atoms with Gasteiger partial charge in [-0.25, -0.2) is 4.98 Å². The molecule has 0 saturated carbocycles. The molecule has 3 aromatic rings. The van der Waals surface area contributed by atoms with Crippen LogP contribution >= 0.6 is 11.3 Å². The van der Waals surface area contributed by atoms with E-state index in [0.717, 1.165) is 35.9 Å². The van der Waals surface area contributed by atoms with Gasteiger partial charge in [0.05, 0.1) is 12.8 Å².